The Hall–Kier alpha value is -3.09. The van der Waals surface area contributed by atoms with Crippen LogP contribution in [0, 0.1) is 20.8 Å². The summed E-state index contributed by atoms with van der Waals surface area (Å²) in [7, 11) is 0. The van der Waals surface area contributed by atoms with Crippen molar-refractivity contribution in [1.82, 2.24) is 15.8 Å². The van der Waals surface area contributed by atoms with Gasteiger partial charge < -0.3 is 10.3 Å². The fraction of sp³-hybridized carbons (Fsp3) is 0.235. The first-order chi connectivity index (χ1) is 11.4. The van der Waals surface area contributed by atoms with Gasteiger partial charge in [0.1, 0.15) is 5.56 Å². The van der Waals surface area contributed by atoms with Crippen molar-refractivity contribution in [2.75, 3.05) is 11.9 Å². The second-order valence-corrected chi connectivity index (χ2v) is 5.54. The van der Waals surface area contributed by atoms with Gasteiger partial charge >= 0.3 is 0 Å². The average molecular weight is 328 g/mol. The van der Waals surface area contributed by atoms with E-state index in [4.69, 9.17) is 0 Å². The second-order valence-electron chi connectivity index (χ2n) is 5.54. The highest BCUT2D eigenvalue weighted by Gasteiger charge is 2.11. The van der Waals surface area contributed by atoms with Crippen LogP contribution in [0.1, 0.15) is 27.0 Å². The topological polar surface area (TPSA) is 103 Å². The number of anilines is 1. The van der Waals surface area contributed by atoms with Crippen LogP contribution < -0.4 is 21.7 Å². The van der Waals surface area contributed by atoms with Gasteiger partial charge in [-0.1, -0.05) is 17.7 Å². The average Bonchev–Trinajstić information content (AvgIpc) is 2.52. The number of nitrogens with one attached hydrogen (secondary N) is 4. The van der Waals surface area contributed by atoms with Gasteiger partial charge in [0.2, 0.25) is 0 Å². The standard InChI is InChI=1S/C17H20N4O3/c1-10-7-11(2)15(12(3)8-10)19-9-14(22)20-21-17(24)13-5-4-6-18-16(13)23/h4-8,19H,9H2,1-3H3,(H,18,23)(H,20,22)(H,21,24). The van der Waals surface area contributed by atoms with E-state index in [0.717, 1.165) is 22.4 Å². The molecular weight excluding hydrogens is 308 g/mol. The lowest BCUT2D eigenvalue weighted by Crippen LogP contribution is -2.45. The number of aromatic nitrogens is 1. The van der Waals surface area contributed by atoms with E-state index in [1.54, 1.807) is 0 Å². The summed E-state index contributed by atoms with van der Waals surface area (Å²) in [6.07, 6.45) is 1.42. The Balaban J connectivity index is 1.90. The number of benzene rings is 1. The maximum atomic E-state index is 11.9. The molecule has 1 aromatic carbocycles. The summed E-state index contributed by atoms with van der Waals surface area (Å²) >= 11 is 0. The van der Waals surface area contributed by atoms with Crippen LogP contribution in [0.4, 0.5) is 5.69 Å². The molecular formula is C17H20N4O3. The minimum Gasteiger partial charge on any atom is -0.376 e. The lowest BCUT2D eigenvalue weighted by Gasteiger charge is -2.14. The predicted octanol–water partition coefficient (Wildman–Crippen LogP) is 1.17. The highest BCUT2D eigenvalue weighted by Crippen LogP contribution is 2.21. The zero-order chi connectivity index (χ0) is 17.7. The van der Waals surface area contributed by atoms with Crippen LogP contribution in [-0.2, 0) is 4.79 Å². The van der Waals surface area contributed by atoms with E-state index >= 15 is 0 Å². The summed E-state index contributed by atoms with van der Waals surface area (Å²) in [6.45, 7) is 5.93. The highest BCUT2D eigenvalue weighted by atomic mass is 16.2. The molecule has 2 rings (SSSR count). The van der Waals surface area contributed by atoms with Crippen LogP contribution in [-0.4, -0.2) is 23.3 Å². The molecule has 0 unspecified atom stereocenters. The van der Waals surface area contributed by atoms with Crippen LogP contribution in [0.5, 0.6) is 0 Å². The number of hydrazine groups is 1. The number of H-pyrrole nitrogens is 1. The first-order valence-corrected chi connectivity index (χ1v) is 7.47. The number of aryl methyl sites for hydroxylation is 3. The molecule has 0 saturated heterocycles. The summed E-state index contributed by atoms with van der Waals surface area (Å²) < 4.78 is 0. The number of carbonyl (C=O) groups is 2. The number of amides is 2. The largest absolute Gasteiger partial charge is 0.376 e. The number of aromatic amines is 1. The first kappa shape index (κ1) is 17.3. The highest BCUT2D eigenvalue weighted by molar-refractivity contribution is 5.95. The summed E-state index contributed by atoms with van der Waals surface area (Å²) in [5.74, 6) is -1.09. The summed E-state index contributed by atoms with van der Waals surface area (Å²) in [6, 6.07) is 6.95. The SMILES string of the molecule is Cc1cc(C)c(NCC(=O)NNC(=O)c2ccc[nH]c2=O)c(C)c1. The number of pyridine rings is 1. The molecule has 1 heterocycles. The van der Waals surface area contributed by atoms with Crippen LogP contribution in [0.15, 0.2) is 35.3 Å². The molecule has 0 fully saturated rings. The second kappa shape index (κ2) is 7.45. The van der Waals surface area contributed by atoms with Crippen LogP contribution >= 0.6 is 0 Å². The van der Waals surface area contributed by atoms with Gasteiger partial charge in [0.05, 0.1) is 6.54 Å². The van der Waals surface area contributed by atoms with Gasteiger partial charge in [0.25, 0.3) is 17.4 Å². The molecule has 0 aliphatic rings. The van der Waals surface area contributed by atoms with Crippen LogP contribution in [0.25, 0.3) is 0 Å². The van der Waals surface area contributed by atoms with Crippen molar-refractivity contribution < 1.29 is 9.59 Å². The molecule has 0 saturated carbocycles. The van der Waals surface area contributed by atoms with Gasteiger partial charge in [0, 0.05) is 11.9 Å². The number of hydrogen-bond donors (Lipinski definition) is 4. The first-order valence-electron chi connectivity index (χ1n) is 7.47. The normalized spacial score (nSPS) is 10.1. The quantitative estimate of drug-likeness (QED) is 0.633. The number of carbonyl (C=O) groups excluding carboxylic acids is 2. The minimum atomic E-state index is -0.673. The van der Waals surface area contributed by atoms with E-state index < -0.39 is 17.4 Å². The summed E-state index contributed by atoms with van der Waals surface area (Å²) in [5.41, 5.74) is 8.02. The van der Waals surface area contributed by atoms with Crippen LogP contribution in [0.3, 0.4) is 0 Å². The minimum absolute atomic E-state index is 0.00380. The maximum absolute atomic E-state index is 11.9. The summed E-state index contributed by atoms with van der Waals surface area (Å²) in [4.78, 5) is 37.5. The molecule has 7 heteroatoms. The zero-order valence-electron chi connectivity index (χ0n) is 13.8. The fourth-order valence-electron chi connectivity index (χ4n) is 2.47. The lowest BCUT2D eigenvalue weighted by atomic mass is 10.1. The van der Waals surface area contributed by atoms with E-state index in [2.05, 4.69) is 21.2 Å². The molecule has 4 N–H and O–H groups in total. The Kier molecular flexibility index (Phi) is 5.36. The number of hydrogen-bond acceptors (Lipinski definition) is 4. The lowest BCUT2D eigenvalue weighted by molar-refractivity contribution is -0.120. The van der Waals surface area contributed by atoms with E-state index in [-0.39, 0.29) is 12.1 Å². The zero-order valence-corrected chi connectivity index (χ0v) is 13.8. The van der Waals surface area contributed by atoms with Gasteiger partial charge in [0.15, 0.2) is 0 Å². The molecule has 0 spiro atoms. The molecule has 126 valence electrons. The Morgan fingerprint density at radius 2 is 1.75 bits per heavy atom. The van der Waals surface area contributed by atoms with Crippen molar-refractivity contribution in [1.29, 1.82) is 0 Å². The van der Waals surface area contributed by atoms with E-state index in [0.29, 0.717) is 0 Å². The Morgan fingerprint density at radius 3 is 2.38 bits per heavy atom. The van der Waals surface area contributed by atoms with E-state index in [1.165, 1.54) is 18.3 Å². The molecule has 0 radical (unpaired) electrons. The molecule has 7 nitrogen and oxygen atoms in total. The summed E-state index contributed by atoms with van der Waals surface area (Å²) in [5, 5.41) is 3.05. The van der Waals surface area contributed by atoms with Gasteiger partial charge in [-0.3, -0.25) is 25.2 Å². The number of rotatable bonds is 4. The van der Waals surface area contributed by atoms with Crippen molar-refractivity contribution in [3.8, 4) is 0 Å². The maximum Gasteiger partial charge on any atom is 0.275 e. The van der Waals surface area contributed by atoms with E-state index in [1.807, 2.05) is 32.9 Å². The van der Waals surface area contributed by atoms with Crippen molar-refractivity contribution in [2.24, 2.45) is 0 Å². The van der Waals surface area contributed by atoms with Gasteiger partial charge in [-0.2, -0.15) is 0 Å². The van der Waals surface area contributed by atoms with Gasteiger partial charge in [-0.15, -0.1) is 0 Å². The monoisotopic (exact) mass is 328 g/mol. The smallest absolute Gasteiger partial charge is 0.275 e. The van der Waals surface area contributed by atoms with Gasteiger partial charge in [-0.25, -0.2) is 0 Å². The van der Waals surface area contributed by atoms with Crippen molar-refractivity contribution >= 4 is 17.5 Å². The van der Waals surface area contributed by atoms with E-state index in [9.17, 15) is 14.4 Å². The third-order valence-corrected chi connectivity index (χ3v) is 3.48. The molecule has 1 aromatic heterocycles. The molecule has 0 aliphatic carbocycles. The Bertz CT molecular complexity index is 804. The van der Waals surface area contributed by atoms with Gasteiger partial charge in [-0.05, 0) is 44.0 Å². The third-order valence-electron chi connectivity index (χ3n) is 3.48. The third kappa shape index (κ3) is 4.22. The molecule has 24 heavy (non-hydrogen) atoms. The van der Waals surface area contributed by atoms with Crippen molar-refractivity contribution in [2.45, 2.75) is 20.8 Å². The van der Waals surface area contributed by atoms with Crippen molar-refractivity contribution in [3.05, 3.63) is 63.1 Å². The molecule has 2 aromatic rings. The van der Waals surface area contributed by atoms with Crippen molar-refractivity contribution in [3.63, 3.8) is 0 Å². The molecule has 2 amide bonds. The fourth-order valence-corrected chi connectivity index (χ4v) is 2.47. The van der Waals surface area contributed by atoms with Crippen LogP contribution in [0.2, 0.25) is 0 Å². The Labute approximate surface area is 139 Å². The molecule has 0 atom stereocenters. The predicted molar refractivity (Wildman–Crippen MR) is 91.8 cm³/mol. The molecule has 0 aliphatic heterocycles. The Morgan fingerprint density at radius 1 is 1.08 bits per heavy atom. The molecule has 0 bridgehead atoms.